The molecule has 0 atom stereocenters. The van der Waals surface area contributed by atoms with E-state index >= 15 is 0 Å². The van der Waals surface area contributed by atoms with Crippen molar-refractivity contribution in [2.75, 3.05) is 37.5 Å². The van der Waals surface area contributed by atoms with Crippen LogP contribution in [0, 0.1) is 47.3 Å². The lowest BCUT2D eigenvalue weighted by molar-refractivity contribution is -0.165. The smallest absolute Gasteiger partial charge is 0.322 e. The van der Waals surface area contributed by atoms with Crippen LogP contribution in [0.15, 0.2) is 0 Å². The van der Waals surface area contributed by atoms with Crippen LogP contribution >= 0.6 is 0 Å². The highest BCUT2D eigenvalue weighted by Crippen LogP contribution is 2.54. The molecular formula is C38H65O19S3-3. The highest BCUT2D eigenvalue weighted by Gasteiger charge is 2.42. The van der Waals surface area contributed by atoms with Crippen molar-refractivity contribution in [3.05, 3.63) is 0 Å². The molecule has 19 nitrogen and oxygen atoms in total. The SMILES string of the molecule is C1C2CC3CC1CC(C2)C3.C1C2CC3CC1CC(C2)C3.CC.CC.CC(=O)OCCS(=O)(=O)[O-].CC(=O)OCOC(=O)CS(=O)(=O)[O-].CC(=O)OCOC(=O)CS(=O)(=O)[O-]. The van der Waals surface area contributed by atoms with Gasteiger partial charge in [-0.15, -0.1) is 0 Å². The lowest BCUT2D eigenvalue weighted by Gasteiger charge is -2.49. The van der Waals surface area contributed by atoms with E-state index in [-0.39, 0.29) is 6.61 Å². The summed E-state index contributed by atoms with van der Waals surface area (Å²) in [4.78, 5) is 51.1. The second-order valence-electron chi connectivity index (χ2n) is 15.3. The first-order chi connectivity index (χ1) is 27.8. The van der Waals surface area contributed by atoms with Gasteiger partial charge in [-0.2, -0.15) is 0 Å². The van der Waals surface area contributed by atoms with E-state index in [1.807, 2.05) is 27.7 Å². The van der Waals surface area contributed by atoms with E-state index in [0.29, 0.717) is 0 Å². The molecule has 8 fully saturated rings. The minimum atomic E-state index is -4.64. The number of carbonyl (C=O) groups excluding carboxylic acids is 5. The van der Waals surface area contributed by atoms with E-state index in [1.54, 1.807) is 77.0 Å². The molecule has 352 valence electrons. The lowest BCUT2D eigenvalue weighted by Crippen LogP contribution is -2.38. The predicted octanol–water partition coefficient (Wildman–Crippen LogP) is 4.00. The van der Waals surface area contributed by atoms with E-state index in [0.717, 1.165) is 20.8 Å². The Balaban J connectivity index is 0.000000711. The Hall–Kier alpha value is -2.92. The van der Waals surface area contributed by atoms with Crippen molar-refractivity contribution in [2.45, 2.75) is 126 Å². The quantitative estimate of drug-likeness (QED) is 0.122. The zero-order valence-corrected chi connectivity index (χ0v) is 38.3. The van der Waals surface area contributed by atoms with Crippen LogP contribution in [0.4, 0.5) is 0 Å². The van der Waals surface area contributed by atoms with Gasteiger partial charge in [0.15, 0.2) is 0 Å². The Bertz CT molecular complexity index is 1450. The zero-order valence-electron chi connectivity index (χ0n) is 35.8. The van der Waals surface area contributed by atoms with Gasteiger partial charge in [0.2, 0.25) is 13.6 Å². The molecule has 0 aromatic heterocycles. The predicted molar refractivity (Wildman–Crippen MR) is 212 cm³/mol. The van der Waals surface area contributed by atoms with Gasteiger partial charge in [0.05, 0.1) is 15.9 Å². The fourth-order valence-corrected chi connectivity index (χ4v) is 10.0. The monoisotopic (exact) mass is 921 g/mol. The third-order valence-corrected chi connectivity index (χ3v) is 12.0. The molecule has 0 aromatic carbocycles. The van der Waals surface area contributed by atoms with Gasteiger partial charge in [0.25, 0.3) is 0 Å². The third-order valence-electron chi connectivity index (χ3n) is 10.2. The topological polar surface area (TPSA) is 303 Å². The Morgan fingerprint density at radius 2 is 0.617 bits per heavy atom. The van der Waals surface area contributed by atoms with Crippen LogP contribution in [0.25, 0.3) is 0 Å². The van der Waals surface area contributed by atoms with Crippen molar-refractivity contribution < 1.29 is 86.6 Å². The number of hydrogen-bond acceptors (Lipinski definition) is 19. The maximum atomic E-state index is 10.4. The lowest BCUT2D eigenvalue weighted by atomic mass is 9.56. The van der Waals surface area contributed by atoms with Crippen molar-refractivity contribution in [1.82, 2.24) is 0 Å². The van der Waals surface area contributed by atoms with Gasteiger partial charge < -0.3 is 37.3 Å². The molecule has 8 bridgehead atoms. The van der Waals surface area contributed by atoms with Gasteiger partial charge in [0.1, 0.15) is 38.3 Å². The summed E-state index contributed by atoms with van der Waals surface area (Å²) in [5.74, 6) is 1.75. The summed E-state index contributed by atoms with van der Waals surface area (Å²) in [7, 11) is -13.5. The molecule has 8 aliphatic rings. The normalized spacial score (nSPS) is 25.8. The van der Waals surface area contributed by atoms with Gasteiger partial charge in [0, 0.05) is 20.8 Å². The maximum absolute atomic E-state index is 10.4. The Kier molecular flexibility index (Phi) is 27.2. The molecule has 8 aliphatic carbocycles. The van der Waals surface area contributed by atoms with Gasteiger partial charge in [-0.3, -0.25) is 24.0 Å². The number of carbonyl (C=O) groups is 5. The van der Waals surface area contributed by atoms with E-state index in [2.05, 4.69) is 23.7 Å². The van der Waals surface area contributed by atoms with Crippen LogP contribution in [-0.4, -0.2) is 106 Å². The van der Waals surface area contributed by atoms with Crippen molar-refractivity contribution in [3.8, 4) is 0 Å². The van der Waals surface area contributed by atoms with Crippen molar-refractivity contribution in [1.29, 1.82) is 0 Å². The van der Waals surface area contributed by atoms with Gasteiger partial charge in [-0.25, -0.2) is 25.3 Å². The number of hydrogen-bond donors (Lipinski definition) is 0. The Labute approximate surface area is 356 Å². The first kappa shape index (κ1) is 57.1. The van der Waals surface area contributed by atoms with Gasteiger partial charge in [-0.05, 0) is 124 Å². The van der Waals surface area contributed by atoms with Gasteiger partial charge in [-0.1, -0.05) is 27.7 Å². The molecule has 8 rings (SSSR count). The second kappa shape index (κ2) is 28.6. The minimum absolute atomic E-state index is 0.360. The Morgan fingerprint density at radius 1 is 0.400 bits per heavy atom. The molecule has 0 aromatic rings. The molecule has 0 heterocycles. The van der Waals surface area contributed by atoms with E-state index in [1.165, 1.54) is 47.3 Å². The average molecular weight is 922 g/mol. The van der Waals surface area contributed by atoms with E-state index in [4.69, 9.17) is 0 Å². The number of ether oxygens (including phenoxy) is 5. The molecule has 0 radical (unpaired) electrons. The van der Waals surface area contributed by atoms with E-state index < -0.39 is 91.0 Å². The summed E-state index contributed by atoms with van der Waals surface area (Å²) in [5.41, 5.74) is 0. The second-order valence-corrected chi connectivity index (χ2v) is 19.6. The first-order valence-corrected chi connectivity index (χ1v) is 25.1. The molecule has 60 heavy (non-hydrogen) atoms. The largest absolute Gasteiger partial charge is 0.748 e. The molecule has 0 saturated heterocycles. The molecule has 8 saturated carbocycles. The van der Waals surface area contributed by atoms with E-state index in [9.17, 15) is 62.9 Å². The standard InChI is InChI=1S/2C10H16.2C5H8O7S.C4H8O5S.2C2H6/c2*1-7-2-9-4-8(1)5-10(3-7)6-9;2*1-4(6)11-3-12-5(7)2-13(8,9)10;1-4(5)9-2-3-10(6,7)8;2*1-2/h2*7-10H,1-6H2;2*2-3H2,1H3,(H,8,9,10);2-3H2,1H3,(H,6,7,8);2*1-2H3/p-3. The highest BCUT2D eigenvalue weighted by atomic mass is 32.2. The molecule has 0 spiro atoms. The van der Waals surface area contributed by atoms with Crippen LogP contribution in [0.5, 0.6) is 0 Å². The summed E-state index contributed by atoms with van der Waals surface area (Å²) in [6, 6.07) is 0. The summed E-state index contributed by atoms with van der Waals surface area (Å²) in [5, 5.41) is 0. The number of rotatable bonds is 11. The molecule has 0 unspecified atom stereocenters. The van der Waals surface area contributed by atoms with Crippen molar-refractivity contribution in [2.24, 2.45) is 47.3 Å². The van der Waals surface area contributed by atoms with Crippen LogP contribution < -0.4 is 0 Å². The summed E-state index contributed by atoms with van der Waals surface area (Å²) < 4.78 is 110. The molecule has 0 N–H and O–H groups in total. The third kappa shape index (κ3) is 29.4. The van der Waals surface area contributed by atoms with Gasteiger partial charge >= 0.3 is 29.8 Å². The van der Waals surface area contributed by atoms with Crippen LogP contribution in [-0.2, 0) is 78.0 Å². The van der Waals surface area contributed by atoms with Crippen molar-refractivity contribution >= 4 is 60.2 Å². The van der Waals surface area contributed by atoms with Crippen LogP contribution in [0.2, 0.25) is 0 Å². The fourth-order valence-electron chi connectivity index (χ4n) is 8.98. The molecule has 0 amide bonds. The average Bonchev–Trinajstić information content (AvgIpc) is 3.07. The van der Waals surface area contributed by atoms with Crippen LogP contribution in [0.1, 0.15) is 126 Å². The first-order valence-electron chi connectivity index (χ1n) is 20.4. The highest BCUT2D eigenvalue weighted by molar-refractivity contribution is 7.86. The molecule has 0 aliphatic heterocycles. The zero-order chi connectivity index (χ0) is 46.3. The summed E-state index contributed by atoms with van der Waals surface area (Å²) in [6.45, 7) is 9.56. The Morgan fingerprint density at radius 3 is 0.783 bits per heavy atom. The summed E-state index contributed by atoms with van der Waals surface area (Å²) in [6.07, 6.45) is 19.2. The molecule has 22 heteroatoms. The molecular weight excluding hydrogens is 857 g/mol. The summed E-state index contributed by atoms with van der Waals surface area (Å²) >= 11 is 0. The maximum Gasteiger partial charge on any atom is 0.322 e. The minimum Gasteiger partial charge on any atom is -0.748 e. The van der Waals surface area contributed by atoms with Crippen molar-refractivity contribution in [3.63, 3.8) is 0 Å². The number of esters is 5. The fraction of sp³-hybridized carbons (Fsp3) is 0.868. The van der Waals surface area contributed by atoms with Crippen LogP contribution in [0.3, 0.4) is 0 Å².